The smallest absolute Gasteiger partial charge is 0.236 e. The third-order valence-corrected chi connectivity index (χ3v) is 4.46. The van der Waals surface area contributed by atoms with E-state index in [1.165, 1.54) is 28.0 Å². The lowest BCUT2D eigenvalue weighted by Gasteiger charge is -2.00. The maximum absolute atomic E-state index is 11.5. The summed E-state index contributed by atoms with van der Waals surface area (Å²) in [7, 11) is 0. The lowest BCUT2D eigenvalue weighted by Crippen LogP contribution is -2.13. The Kier molecular flexibility index (Phi) is 5.30. The van der Waals surface area contributed by atoms with E-state index in [9.17, 15) is 4.79 Å². The summed E-state index contributed by atoms with van der Waals surface area (Å²) in [6.07, 6.45) is 3.96. The number of hydrogen-bond acceptors (Lipinski definition) is 5. The molecule has 0 saturated carbocycles. The number of nitrogens with one attached hydrogen (secondary N) is 1. The molecular formula is C13H14N2OS3. The van der Waals surface area contributed by atoms with Gasteiger partial charge in [-0.05, 0) is 24.6 Å². The Labute approximate surface area is 125 Å². The second-order valence-corrected chi connectivity index (χ2v) is 6.35. The van der Waals surface area contributed by atoms with Gasteiger partial charge in [0.1, 0.15) is 0 Å². The van der Waals surface area contributed by atoms with Gasteiger partial charge in [0.2, 0.25) is 5.91 Å². The average molecular weight is 310 g/mol. The standard InChI is InChI=1S/C13H14N2OS3/c1-17-8-12(16)15-13-14-11(7-19-13)9-3-5-10(18-2)6-4-9/h3-7H,8H2,1-2H3,(H,14,15,16). The number of hydrogen-bond donors (Lipinski definition) is 1. The third-order valence-electron chi connectivity index (χ3n) is 2.41. The van der Waals surface area contributed by atoms with Crippen LogP contribution in [0.3, 0.4) is 0 Å². The Balaban J connectivity index is 2.09. The number of thiazole rings is 1. The summed E-state index contributed by atoms with van der Waals surface area (Å²) >= 11 is 4.66. The van der Waals surface area contributed by atoms with E-state index in [0.29, 0.717) is 10.9 Å². The quantitative estimate of drug-likeness (QED) is 0.852. The van der Waals surface area contributed by atoms with Crippen molar-refractivity contribution in [3.63, 3.8) is 0 Å². The second kappa shape index (κ2) is 6.98. The highest BCUT2D eigenvalue weighted by Crippen LogP contribution is 2.26. The molecule has 1 aromatic carbocycles. The van der Waals surface area contributed by atoms with Crippen LogP contribution in [-0.2, 0) is 4.79 Å². The van der Waals surface area contributed by atoms with Crippen molar-refractivity contribution >= 4 is 45.9 Å². The molecular weight excluding hydrogens is 296 g/mol. The SMILES string of the molecule is CSCC(=O)Nc1nc(-c2ccc(SC)cc2)cs1. The highest BCUT2D eigenvalue weighted by atomic mass is 32.2. The van der Waals surface area contributed by atoms with E-state index in [1.807, 2.05) is 23.8 Å². The van der Waals surface area contributed by atoms with Gasteiger partial charge in [-0.1, -0.05) is 12.1 Å². The number of carbonyl (C=O) groups is 1. The van der Waals surface area contributed by atoms with Crippen molar-refractivity contribution in [3.8, 4) is 11.3 Å². The molecule has 2 aromatic rings. The number of benzene rings is 1. The van der Waals surface area contributed by atoms with Gasteiger partial charge in [-0.2, -0.15) is 11.8 Å². The van der Waals surface area contributed by atoms with Crippen LogP contribution in [0.5, 0.6) is 0 Å². The van der Waals surface area contributed by atoms with Crippen LogP contribution in [-0.4, -0.2) is 29.2 Å². The van der Waals surface area contributed by atoms with Crippen LogP contribution in [0.15, 0.2) is 34.5 Å². The van der Waals surface area contributed by atoms with E-state index in [2.05, 4.69) is 28.7 Å². The first kappa shape index (κ1) is 14.4. The van der Waals surface area contributed by atoms with Crippen molar-refractivity contribution in [1.29, 1.82) is 0 Å². The lowest BCUT2D eigenvalue weighted by molar-refractivity contribution is -0.113. The van der Waals surface area contributed by atoms with Gasteiger partial charge in [0, 0.05) is 15.8 Å². The molecule has 0 fully saturated rings. The average Bonchev–Trinajstić information content (AvgIpc) is 2.87. The van der Waals surface area contributed by atoms with E-state index in [0.717, 1.165) is 11.3 Å². The van der Waals surface area contributed by atoms with Crippen LogP contribution in [0.1, 0.15) is 0 Å². The minimum Gasteiger partial charge on any atom is -0.301 e. The summed E-state index contributed by atoms with van der Waals surface area (Å²) in [4.78, 5) is 17.1. The maximum Gasteiger partial charge on any atom is 0.236 e. The molecule has 0 unspecified atom stereocenters. The Bertz CT molecular complexity index is 551. The van der Waals surface area contributed by atoms with Gasteiger partial charge in [0.15, 0.2) is 5.13 Å². The predicted molar refractivity (Wildman–Crippen MR) is 86.3 cm³/mol. The van der Waals surface area contributed by atoms with Crippen LogP contribution in [0.2, 0.25) is 0 Å². The van der Waals surface area contributed by atoms with Crippen LogP contribution in [0.25, 0.3) is 11.3 Å². The maximum atomic E-state index is 11.5. The fourth-order valence-corrected chi connectivity index (χ4v) is 2.99. The number of thioether (sulfide) groups is 2. The molecule has 0 atom stereocenters. The molecule has 0 saturated heterocycles. The molecule has 0 spiro atoms. The molecule has 6 heteroatoms. The van der Waals surface area contributed by atoms with Crippen LogP contribution in [0, 0.1) is 0 Å². The van der Waals surface area contributed by atoms with Gasteiger partial charge in [-0.25, -0.2) is 4.98 Å². The Hall–Kier alpha value is -0.980. The molecule has 3 nitrogen and oxygen atoms in total. The zero-order chi connectivity index (χ0) is 13.7. The zero-order valence-electron chi connectivity index (χ0n) is 10.7. The van der Waals surface area contributed by atoms with Gasteiger partial charge in [0.05, 0.1) is 11.4 Å². The number of carbonyl (C=O) groups excluding carboxylic acids is 1. The van der Waals surface area contributed by atoms with E-state index >= 15 is 0 Å². The molecule has 0 radical (unpaired) electrons. The van der Waals surface area contributed by atoms with Crippen molar-refractivity contribution < 1.29 is 4.79 Å². The summed E-state index contributed by atoms with van der Waals surface area (Å²) in [6.45, 7) is 0. The van der Waals surface area contributed by atoms with Crippen molar-refractivity contribution in [2.45, 2.75) is 4.90 Å². The van der Waals surface area contributed by atoms with Gasteiger partial charge >= 0.3 is 0 Å². The summed E-state index contributed by atoms with van der Waals surface area (Å²) < 4.78 is 0. The minimum atomic E-state index is -0.00821. The normalized spacial score (nSPS) is 10.4. The fourth-order valence-electron chi connectivity index (χ4n) is 1.51. The third kappa shape index (κ3) is 3.99. The van der Waals surface area contributed by atoms with Gasteiger partial charge in [-0.15, -0.1) is 23.1 Å². The van der Waals surface area contributed by atoms with E-state index < -0.39 is 0 Å². The van der Waals surface area contributed by atoms with E-state index in [-0.39, 0.29) is 5.91 Å². The van der Waals surface area contributed by atoms with Gasteiger partial charge in [-0.3, -0.25) is 4.79 Å². The van der Waals surface area contributed by atoms with Crippen molar-refractivity contribution in [1.82, 2.24) is 4.98 Å². The number of amides is 1. The van der Waals surface area contributed by atoms with Crippen molar-refractivity contribution in [3.05, 3.63) is 29.6 Å². The largest absolute Gasteiger partial charge is 0.301 e. The molecule has 1 heterocycles. The second-order valence-electron chi connectivity index (χ2n) is 3.75. The fraction of sp³-hybridized carbons (Fsp3) is 0.231. The molecule has 1 amide bonds. The van der Waals surface area contributed by atoms with E-state index in [4.69, 9.17) is 0 Å². The van der Waals surface area contributed by atoms with Crippen molar-refractivity contribution in [2.75, 3.05) is 23.6 Å². The predicted octanol–water partition coefficient (Wildman–Crippen LogP) is 3.83. The van der Waals surface area contributed by atoms with Crippen LogP contribution in [0.4, 0.5) is 5.13 Å². The molecule has 19 heavy (non-hydrogen) atoms. The Morgan fingerprint density at radius 1 is 1.32 bits per heavy atom. The summed E-state index contributed by atoms with van der Waals surface area (Å²) in [5, 5.41) is 5.42. The zero-order valence-corrected chi connectivity index (χ0v) is 13.1. The highest BCUT2D eigenvalue weighted by molar-refractivity contribution is 7.99. The van der Waals surface area contributed by atoms with E-state index in [1.54, 1.807) is 11.8 Å². The molecule has 100 valence electrons. The summed E-state index contributed by atoms with van der Waals surface area (Å²) in [6, 6.07) is 8.25. The molecule has 0 bridgehead atoms. The lowest BCUT2D eigenvalue weighted by atomic mass is 10.2. The Morgan fingerprint density at radius 2 is 2.05 bits per heavy atom. The summed E-state index contributed by atoms with van der Waals surface area (Å²) in [5.41, 5.74) is 1.97. The molecule has 0 aliphatic carbocycles. The number of aromatic nitrogens is 1. The monoisotopic (exact) mass is 310 g/mol. The first-order valence-corrected chi connectivity index (χ1v) is 9.11. The Morgan fingerprint density at radius 3 is 2.68 bits per heavy atom. The number of nitrogens with zero attached hydrogens (tertiary/aromatic N) is 1. The molecule has 0 aliphatic heterocycles. The number of anilines is 1. The molecule has 1 aromatic heterocycles. The van der Waals surface area contributed by atoms with Crippen LogP contribution >= 0.6 is 34.9 Å². The molecule has 0 aliphatic rings. The first-order chi connectivity index (χ1) is 9.22. The first-order valence-electron chi connectivity index (χ1n) is 5.61. The molecule has 1 N–H and O–H groups in total. The minimum absolute atomic E-state index is 0.00821. The molecule has 2 rings (SSSR count). The van der Waals surface area contributed by atoms with Gasteiger partial charge in [0.25, 0.3) is 0 Å². The highest BCUT2D eigenvalue weighted by Gasteiger charge is 2.07. The topological polar surface area (TPSA) is 42.0 Å². The number of rotatable bonds is 5. The van der Waals surface area contributed by atoms with Gasteiger partial charge < -0.3 is 5.32 Å². The summed E-state index contributed by atoms with van der Waals surface area (Å²) in [5.74, 6) is 0.447. The van der Waals surface area contributed by atoms with Crippen molar-refractivity contribution in [2.24, 2.45) is 0 Å². The van der Waals surface area contributed by atoms with Crippen LogP contribution < -0.4 is 5.32 Å².